The third kappa shape index (κ3) is 2.61. The Morgan fingerprint density at radius 1 is 0.935 bits per heavy atom. The number of nitro groups is 1. The van der Waals surface area contributed by atoms with Gasteiger partial charge >= 0.3 is 0 Å². The molecule has 0 spiro atoms. The molecule has 31 heavy (non-hydrogen) atoms. The van der Waals surface area contributed by atoms with Crippen molar-refractivity contribution in [2.24, 2.45) is 5.92 Å². The Morgan fingerprint density at radius 3 is 2.29 bits per heavy atom. The largest absolute Gasteiger partial charge is 0.377 e. The molecule has 0 radical (unpaired) electrons. The highest BCUT2D eigenvalue weighted by Gasteiger charge is 2.43. The predicted octanol–water partition coefficient (Wildman–Crippen LogP) is 7.04. The van der Waals surface area contributed by atoms with Gasteiger partial charge in [-0.25, -0.2) is 0 Å². The first-order valence-electron chi connectivity index (χ1n) is 10.7. The molecule has 0 saturated carbocycles. The third-order valence-corrected chi connectivity index (χ3v) is 7.03. The van der Waals surface area contributed by atoms with Crippen LogP contribution in [0.2, 0.25) is 0 Å². The standard InChI is InChI=1S/C27H22N2O2/c1-16-13-14-23(29(30)31)25-21-11-6-12-22(21)27(28-26(16)25)24-19-9-4-2-7-17(19)15-18-8-3-5-10-20(18)24/h2-11,13-15,21-22,27-28H,12H2,1H3. The number of nitrogens with zero attached hydrogens (tertiary/aromatic N) is 1. The third-order valence-electron chi connectivity index (χ3n) is 7.03. The van der Waals surface area contributed by atoms with E-state index in [9.17, 15) is 10.1 Å². The summed E-state index contributed by atoms with van der Waals surface area (Å²) in [6.45, 7) is 2.03. The van der Waals surface area contributed by atoms with E-state index in [1.165, 1.54) is 27.1 Å². The summed E-state index contributed by atoms with van der Waals surface area (Å²) in [7, 11) is 0. The summed E-state index contributed by atoms with van der Waals surface area (Å²) in [4.78, 5) is 11.6. The van der Waals surface area contributed by atoms with Gasteiger partial charge in [0, 0.05) is 17.7 Å². The topological polar surface area (TPSA) is 55.2 Å². The van der Waals surface area contributed by atoms with E-state index >= 15 is 0 Å². The smallest absolute Gasteiger partial charge is 0.275 e. The summed E-state index contributed by atoms with van der Waals surface area (Å²) in [5.41, 5.74) is 4.32. The van der Waals surface area contributed by atoms with Crippen LogP contribution in [0.1, 0.15) is 35.1 Å². The van der Waals surface area contributed by atoms with E-state index in [1.54, 1.807) is 6.07 Å². The zero-order valence-corrected chi connectivity index (χ0v) is 17.2. The minimum absolute atomic E-state index is 0.0410. The number of allylic oxidation sites excluding steroid dienone is 2. The van der Waals surface area contributed by atoms with Crippen LogP contribution in [-0.2, 0) is 0 Å². The normalized spacial score (nSPS) is 21.6. The minimum Gasteiger partial charge on any atom is -0.377 e. The molecule has 0 amide bonds. The van der Waals surface area contributed by atoms with Crippen molar-refractivity contribution in [3.05, 3.63) is 106 Å². The zero-order valence-electron chi connectivity index (χ0n) is 17.2. The van der Waals surface area contributed by atoms with E-state index in [2.05, 4.69) is 72.1 Å². The molecule has 3 atom stereocenters. The summed E-state index contributed by atoms with van der Waals surface area (Å²) in [6.07, 6.45) is 5.28. The van der Waals surface area contributed by atoms with Gasteiger partial charge in [-0.3, -0.25) is 10.1 Å². The van der Waals surface area contributed by atoms with Crippen molar-refractivity contribution in [1.82, 2.24) is 0 Å². The van der Waals surface area contributed by atoms with E-state index in [1.807, 2.05) is 13.0 Å². The average molecular weight is 406 g/mol. The molecule has 4 aromatic rings. The molecule has 4 aromatic carbocycles. The Labute approximate surface area is 180 Å². The predicted molar refractivity (Wildman–Crippen MR) is 126 cm³/mol. The van der Waals surface area contributed by atoms with Gasteiger partial charge in [-0.1, -0.05) is 66.7 Å². The number of nitro benzene ring substituents is 1. The maximum Gasteiger partial charge on any atom is 0.275 e. The summed E-state index contributed by atoms with van der Waals surface area (Å²) < 4.78 is 0. The fraction of sp³-hybridized carbons (Fsp3) is 0.185. The Hall–Kier alpha value is -3.66. The van der Waals surface area contributed by atoms with Gasteiger partial charge in [0.25, 0.3) is 5.69 Å². The van der Waals surface area contributed by atoms with E-state index in [4.69, 9.17) is 0 Å². The molecule has 0 fully saturated rings. The first-order valence-corrected chi connectivity index (χ1v) is 10.7. The van der Waals surface area contributed by atoms with Crippen LogP contribution < -0.4 is 5.32 Å². The number of benzene rings is 4. The second-order valence-electron chi connectivity index (χ2n) is 8.66. The number of hydrogen-bond donors (Lipinski definition) is 1. The Kier molecular flexibility index (Phi) is 3.90. The molecule has 3 unspecified atom stereocenters. The van der Waals surface area contributed by atoms with E-state index in [0.717, 1.165) is 23.2 Å². The molecule has 2 aliphatic rings. The highest BCUT2D eigenvalue weighted by atomic mass is 16.6. The molecule has 1 heterocycles. The number of fused-ring (bicyclic) bond motifs is 5. The molecule has 6 rings (SSSR count). The highest BCUT2D eigenvalue weighted by molar-refractivity contribution is 6.03. The molecular formula is C27H22N2O2. The van der Waals surface area contributed by atoms with Crippen molar-refractivity contribution >= 4 is 32.9 Å². The van der Waals surface area contributed by atoms with Gasteiger partial charge in [0.15, 0.2) is 0 Å². The summed E-state index contributed by atoms with van der Waals surface area (Å²) in [5.74, 6) is 0.279. The van der Waals surface area contributed by atoms with Crippen LogP contribution in [0.25, 0.3) is 21.5 Å². The highest BCUT2D eigenvalue weighted by Crippen LogP contribution is 2.54. The van der Waals surface area contributed by atoms with Crippen LogP contribution in [0.3, 0.4) is 0 Å². The molecular weight excluding hydrogens is 384 g/mol. The van der Waals surface area contributed by atoms with Gasteiger partial charge in [0.05, 0.1) is 16.5 Å². The lowest BCUT2D eigenvalue weighted by Gasteiger charge is -2.39. The van der Waals surface area contributed by atoms with Gasteiger partial charge in [0.1, 0.15) is 0 Å². The molecule has 0 aromatic heterocycles. The molecule has 1 aliphatic carbocycles. The maximum atomic E-state index is 11.8. The Morgan fingerprint density at radius 2 is 1.61 bits per heavy atom. The lowest BCUT2D eigenvalue weighted by molar-refractivity contribution is -0.385. The average Bonchev–Trinajstić information content (AvgIpc) is 3.27. The number of hydrogen-bond acceptors (Lipinski definition) is 3. The molecule has 4 nitrogen and oxygen atoms in total. The van der Waals surface area contributed by atoms with E-state index in [-0.39, 0.29) is 28.5 Å². The first kappa shape index (κ1) is 18.1. The van der Waals surface area contributed by atoms with Crippen LogP contribution in [0.4, 0.5) is 11.4 Å². The Bertz CT molecular complexity index is 1350. The van der Waals surface area contributed by atoms with Crippen molar-refractivity contribution in [2.45, 2.75) is 25.3 Å². The van der Waals surface area contributed by atoms with Crippen LogP contribution in [-0.4, -0.2) is 4.92 Å². The minimum atomic E-state index is -0.239. The monoisotopic (exact) mass is 406 g/mol. The SMILES string of the molecule is Cc1ccc([N+](=O)[O-])c2c1NC(c1c3ccccc3cc3ccccc13)C1CC=CC21. The molecule has 4 heteroatoms. The number of nitrogens with one attached hydrogen (secondary N) is 1. The second-order valence-corrected chi connectivity index (χ2v) is 8.66. The van der Waals surface area contributed by atoms with Gasteiger partial charge in [-0.2, -0.15) is 0 Å². The van der Waals surface area contributed by atoms with E-state index in [0.29, 0.717) is 0 Å². The van der Waals surface area contributed by atoms with Crippen molar-refractivity contribution in [2.75, 3.05) is 5.32 Å². The Balaban J connectivity index is 1.65. The zero-order chi connectivity index (χ0) is 21.1. The van der Waals surface area contributed by atoms with Gasteiger partial charge in [-0.05, 0) is 58.0 Å². The van der Waals surface area contributed by atoms with Crippen LogP contribution >= 0.6 is 0 Å². The molecule has 152 valence electrons. The fourth-order valence-electron chi connectivity index (χ4n) is 5.66. The maximum absolute atomic E-state index is 11.8. The van der Waals surface area contributed by atoms with Crippen molar-refractivity contribution < 1.29 is 4.92 Å². The van der Waals surface area contributed by atoms with Crippen molar-refractivity contribution in [3.8, 4) is 0 Å². The van der Waals surface area contributed by atoms with Gasteiger partial charge in [-0.15, -0.1) is 0 Å². The number of anilines is 1. The lowest BCUT2D eigenvalue weighted by Crippen LogP contribution is -2.30. The second kappa shape index (κ2) is 6.67. The summed E-state index contributed by atoms with van der Waals surface area (Å²) in [5, 5.41) is 20.6. The van der Waals surface area contributed by atoms with Crippen molar-refractivity contribution in [1.29, 1.82) is 0 Å². The van der Waals surface area contributed by atoms with Crippen molar-refractivity contribution in [3.63, 3.8) is 0 Å². The molecule has 1 aliphatic heterocycles. The van der Waals surface area contributed by atoms with Crippen LogP contribution in [0.5, 0.6) is 0 Å². The van der Waals surface area contributed by atoms with E-state index < -0.39 is 0 Å². The first-order chi connectivity index (χ1) is 15.1. The summed E-state index contributed by atoms with van der Waals surface area (Å²) >= 11 is 0. The summed E-state index contributed by atoms with van der Waals surface area (Å²) in [6, 6.07) is 22.9. The van der Waals surface area contributed by atoms with Crippen LogP contribution in [0.15, 0.2) is 78.9 Å². The van der Waals surface area contributed by atoms with Gasteiger partial charge in [0.2, 0.25) is 0 Å². The number of rotatable bonds is 2. The molecule has 0 bridgehead atoms. The van der Waals surface area contributed by atoms with Gasteiger partial charge < -0.3 is 5.32 Å². The lowest BCUT2D eigenvalue weighted by atomic mass is 9.74. The fourth-order valence-corrected chi connectivity index (χ4v) is 5.66. The quantitative estimate of drug-likeness (QED) is 0.168. The van der Waals surface area contributed by atoms with Crippen LogP contribution in [0, 0.1) is 23.0 Å². The molecule has 0 saturated heterocycles. The molecule has 1 N–H and O–H groups in total. The number of aryl methyl sites for hydroxylation is 1.